The molecule has 0 fully saturated rings. The minimum Gasteiger partial charge on any atom is -0.391 e. The number of rotatable bonds is 5. The van der Waals surface area contributed by atoms with E-state index in [0.717, 1.165) is 5.56 Å². The molecule has 22 heavy (non-hydrogen) atoms. The Kier molecular flexibility index (Phi) is 4.92. The van der Waals surface area contributed by atoms with Crippen molar-refractivity contribution in [3.8, 4) is 0 Å². The zero-order chi connectivity index (χ0) is 16.3. The van der Waals surface area contributed by atoms with Crippen LogP contribution in [0.4, 0.5) is 0 Å². The van der Waals surface area contributed by atoms with Gasteiger partial charge in [0.05, 0.1) is 23.3 Å². The highest BCUT2D eigenvalue weighted by Gasteiger charge is 2.12. The number of aliphatic hydroxyl groups is 1. The molecule has 6 nitrogen and oxygen atoms in total. The average Bonchev–Trinajstić information content (AvgIpc) is 2.48. The van der Waals surface area contributed by atoms with Gasteiger partial charge in [0.25, 0.3) is 5.56 Å². The summed E-state index contributed by atoms with van der Waals surface area (Å²) in [6.07, 6.45) is 0.786. The summed E-state index contributed by atoms with van der Waals surface area (Å²) in [5, 5.41) is 12.8. The molecule has 2 aromatic rings. The third kappa shape index (κ3) is 3.51. The van der Waals surface area contributed by atoms with Crippen LogP contribution in [-0.2, 0) is 11.3 Å². The van der Waals surface area contributed by atoms with Crippen molar-refractivity contribution in [2.24, 2.45) is 5.92 Å². The first kappa shape index (κ1) is 16.2. The third-order valence-corrected chi connectivity index (χ3v) is 3.65. The van der Waals surface area contributed by atoms with Gasteiger partial charge in [-0.25, -0.2) is 4.98 Å². The summed E-state index contributed by atoms with van der Waals surface area (Å²) in [7, 11) is 0. The molecule has 1 amide bonds. The molecule has 1 heterocycles. The second-order valence-electron chi connectivity index (χ2n) is 5.76. The van der Waals surface area contributed by atoms with Gasteiger partial charge in [-0.15, -0.1) is 0 Å². The van der Waals surface area contributed by atoms with Crippen LogP contribution < -0.4 is 10.9 Å². The number of aryl methyl sites for hydroxylation is 1. The normalized spacial score (nSPS) is 12.6. The molecule has 1 aromatic carbocycles. The Morgan fingerprint density at radius 3 is 2.82 bits per heavy atom. The van der Waals surface area contributed by atoms with Crippen LogP contribution in [-0.4, -0.2) is 33.2 Å². The molecule has 118 valence electrons. The Hall–Kier alpha value is -2.21. The summed E-state index contributed by atoms with van der Waals surface area (Å²) in [6.45, 7) is 5.69. The van der Waals surface area contributed by atoms with Crippen LogP contribution in [0.1, 0.15) is 19.4 Å². The van der Waals surface area contributed by atoms with Crippen LogP contribution in [0.15, 0.2) is 29.3 Å². The minimum atomic E-state index is -0.599. The fraction of sp³-hybridized carbons (Fsp3) is 0.438. The first-order valence-electron chi connectivity index (χ1n) is 7.29. The highest BCUT2D eigenvalue weighted by molar-refractivity contribution is 5.81. The standard InChI is InChI=1S/C16H21N3O3/c1-10(2)13(20)7-17-14(21)8-19-9-18-15-11(3)5-4-6-12(15)16(19)22/h4-6,9-10,13,20H,7-8H2,1-3H3,(H,17,21). The maximum absolute atomic E-state index is 12.4. The van der Waals surface area contributed by atoms with E-state index >= 15 is 0 Å². The molecule has 2 rings (SSSR count). The number of amides is 1. The zero-order valence-corrected chi connectivity index (χ0v) is 13.0. The SMILES string of the molecule is Cc1cccc2c(=O)n(CC(=O)NCC(O)C(C)C)cnc12. The lowest BCUT2D eigenvalue weighted by Gasteiger charge is -2.15. The van der Waals surface area contributed by atoms with Gasteiger partial charge in [-0.2, -0.15) is 0 Å². The van der Waals surface area contributed by atoms with Gasteiger partial charge >= 0.3 is 0 Å². The Bertz CT molecular complexity index is 737. The van der Waals surface area contributed by atoms with E-state index in [1.54, 1.807) is 12.1 Å². The molecule has 2 N–H and O–H groups in total. The molecule has 0 aliphatic rings. The Labute approximate surface area is 128 Å². The van der Waals surface area contributed by atoms with Crippen molar-refractivity contribution in [1.82, 2.24) is 14.9 Å². The Morgan fingerprint density at radius 1 is 1.41 bits per heavy atom. The highest BCUT2D eigenvalue weighted by atomic mass is 16.3. The van der Waals surface area contributed by atoms with Crippen LogP contribution in [0.25, 0.3) is 10.9 Å². The van der Waals surface area contributed by atoms with Gasteiger partial charge in [-0.3, -0.25) is 14.2 Å². The largest absolute Gasteiger partial charge is 0.391 e. The number of aliphatic hydroxyl groups excluding tert-OH is 1. The Morgan fingerprint density at radius 2 is 2.14 bits per heavy atom. The molecule has 1 aromatic heterocycles. The first-order chi connectivity index (χ1) is 10.4. The lowest BCUT2D eigenvalue weighted by Crippen LogP contribution is -2.38. The van der Waals surface area contributed by atoms with Crippen molar-refractivity contribution in [1.29, 1.82) is 0 Å². The number of nitrogens with zero attached hydrogens (tertiary/aromatic N) is 2. The minimum absolute atomic E-state index is 0.0633. The number of hydrogen-bond acceptors (Lipinski definition) is 4. The van der Waals surface area contributed by atoms with Crippen molar-refractivity contribution in [3.63, 3.8) is 0 Å². The molecular weight excluding hydrogens is 282 g/mol. The molecule has 6 heteroatoms. The molecule has 0 saturated carbocycles. The zero-order valence-electron chi connectivity index (χ0n) is 13.0. The lowest BCUT2D eigenvalue weighted by molar-refractivity contribution is -0.122. The van der Waals surface area contributed by atoms with E-state index in [9.17, 15) is 14.7 Å². The molecule has 0 aliphatic carbocycles. The molecule has 0 saturated heterocycles. The van der Waals surface area contributed by atoms with Gasteiger partial charge in [-0.1, -0.05) is 26.0 Å². The number of benzene rings is 1. The van der Waals surface area contributed by atoms with Gasteiger partial charge in [0, 0.05) is 6.54 Å². The van der Waals surface area contributed by atoms with E-state index < -0.39 is 6.10 Å². The summed E-state index contributed by atoms with van der Waals surface area (Å²) < 4.78 is 1.28. The topological polar surface area (TPSA) is 84.2 Å². The molecule has 0 radical (unpaired) electrons. The van der Waals surface area contributed by atoms with Crippen LogP contribution in [0.3, 0.4) is 0 Å². The van der Waals surface area contributed by atoms with Gasteiger partial charge < -0.3 is 10.4 Å². The van der Waals surface area contributed by atoms with Crippen molar-refractivity contribution in [2.45, 2.75) is 33.4 Å². The second-order valence-corrected chi connectivity index (χ2v) is 5.76. The smallest absolute Gasteiger partial charge is 0.261 e. The number of fused-ring (bicyclic) bond motifs is 1. The third-order valence-electron chi connectivity index (χ3n) is 3.65. The molecule has 1 atom stereocenters. The van der Waals surface area contributed by atoms with Crippen LogP contribution in [0.5, 0.6) is 0 Å². The number of hydrogen-bond donors (Lipinski definition) is 2. The highest BCUT2D eigenvalue weighted by Crippen LogP contribution is 2.11. The fourth-order valence-electron chi connectivity index (χ4n) is 2.11. The van der Waals surface area contributed by atoms with E-state index in [0.29, 0.717) is 10.9 Å². The number of carbonyl (C=O) groups is 1. The summed E-state index contributed by atoms with van der Waals surface area (Å²) in [5.41, 5.74) is 1.33. The van der Waals surface area contributed by atoms with E-state index in [-0.39, 0.29) is 30.5 Å². The quantitative estimate of drug-likeness (QED) is 0.857. The van der Waals surface area contributed by atoms with Crippen molar-refractivity contribution >= 4 is 16.8 Å². The van der Waals surface area contributed by atoms with E-state index in [2.05, 4.69) is 10.3 Å². The number of para-hydroxylation sites is 1. The summed E-state index contributed by atoms with van der Waals surface area (Å²) in [4.78, 5) is 28.5. The first-order valence-corrected chi connectivity index (χ1v) is 7.29. The van der Waals surface area contributed by atoms with Gasteiger partial charge in [-0.05, 0) is 24.5 Å². The summed E-state index contributed by atoms with van der Waals surface area (Å²) >= 11 is 0. The van der Waals surface area contributed by atoms with Crippen molar-refractivity contribution in [3.05, 3.63) is 40.4 Å². The molecule has 0 spiro atoms. The molecule has 1 unspecified atom stereocenters. The molecular formula is C16H21N3O3. The lowest BCUT2D eigenvalue weighted by atomic mass is 10.1. The van der Waals surface area contributed by atoms with Crippen LogP contribution in [0.2, 0.25) is 0 Å². The van der Waals surface area contributed by atoms with Crippen LogP contribution >= 0.6 is 0 Å². The number of nitrogens with one attached hydrogen (secondary N) is 1. The number of carbonyl (C=O) groups excluding carboxylic acids is 1. The molecule has 0 aliphatic heterocycles. The van der Waals surface area contributed by atoms with Gasteiger partial charge in [0.1, 0.15) is 6.54 Å². The van der Waals surface area contributed by atoms with Crippen molar-refractivity contribution in [2.75, 3.05) is 6.54 Å². The van der Waals surface area contributed by atoms with E-state index in [1.807, 2.05) is 26.8 Å². The monoisotopic (exact) mass is 303 g/mol. The summed E-state index contributed by atoms with van der Waals surface area (Å²) in [5.74, 6) is -0.260. The van der Waals surface area contributed by atoms with Gasteiger partial charge in [0.15, 0.2) is 0 Å². The maximum Gasteiger partial charge on any atom is 0.261 e. The predicted molar refractivity (Wildman–Crippen MR) is 84.6 cm³/mol. The average molecular weight is 303 g/mol. The van der Waals surface area contributed by atoms with E-state index in [1.165, 1.54) is 10.9 Å². The van der Waals surface area contributed by atoms with Crippen LogP contribution in [0, 0.1) is 12.8 Å². The summed E-state index contributed by atoms with van der Waals surface area (Å²) in [6, 6.07) is 5.39. The fourth-order valence-corrected chi connectivity index (χ4v) is 2.11. The Balaban J connectivity index is 2.14. The van der Waals surface area contributed by atoms with Gasteiger partial charge in [0.2, 0.25) is 5.91 Å². The predicted octanol–water partition coefficient (Wildman–Crippen LogP) is 0.838. The second kappa shape index (κ2) is 6.70. The number of aromatic nitrogens is 2. The maximum atomic E-state index is 12.4. The molecule has 0 bridgehead atoms. The van der Waals surface area contributed by atoms with E-state index in [4.69, 9.17) is 0 Å². The van der Waals surface area contributed by atoms with Crippen molar-refractivity contribution < 1.29 is 9.90 Å².